The first-order valence-electron chi connectivity index (χ1n) is 10.6. The Balaban J connectivity index is 1.33. The van der Waals surface area contributed by atoms with Crippen LogP contribution in [0.2, 0.25) is 0 Å². The molecule has 1 aliphatic rings. The Morgan fingerprint density at radius 2 is 1.94 bits per heavy atom. The summed E-state index contributed by atoms with van der Waals surface area (Å²) in [5.74, 6) is 0.567. The Hall–Kier alpha value is -3.59. The van der Waals surface area contributed by atoms with E-state index in [0.717, 1.165) is 53.0 Å². The van der Waals surface area contributed by atoms with E-state index >= 15 is 0 Å². The van der Waals surface area contributed by atoms with E-state index in [2.05, 4.69) is 41.0 Å². The highest BCUT2D eigenvalue weighted by molar-refractivity contribution is 5.97. The summed E-state index contributed by atoms with van der Waals surface area (Å²) in [6, 6.07) is 13.6. The van der Waals surface area contributed by atoms with Crippen LogP contribution in [0.25, 0.3) is 33.5 Å². The number of carbonyl (C=O) groups excluding carboxylic acids is 1. The SMILES string of the molecule is O=C(CCN1CCCCC1)Nc1cccc(-c2n[nH]c3ccc(-c4nn[nH]n4)cc23)c1. The van der Waals surface area contributed by atoms with Crippen molar-refractivity contribution in [1.82, 2.24) is 35.7 Å². The van der Waals surface area contributed by atoms with E-state index < -0.39 is 0 Å². The minimum Gasteiger partial charge on any atom is -0.326 e. The molecule has 0 unspecified atom stereocenters. The lowest BCUT2D eigenvalue weighted by atomic mass is 10.0. The number of anilines is 1. The first-order chi connectivity index (χ1) is 15.3. The van der Waals surface area contributed by atoms with Crippen molar-refractivity contribution in [3.63, 3.8) is 0 Å². The molecule has 1 amide bonds. The minimum atomic E-state index is 0.0361. The van der Waals surface area contributed by atoms with Gasteiger partial charge in [0.2, 0.25) is 11.7 Å². The molecule has 9 heteroatoms. The summed E-state index contributed by atoms with van der Waals surface area (Å²) >= 11 is 0. The van der Waals surface area contributed by atoms with Crippen LogP contribution in [0.5, 0.6) is 0 Å². The molecule has 158 valence electrons. The highest BCUT2D eigenvalue weighted by atomic mass is 16.1. The van der Waals surface area contributed by atoms with Crippen molar-refractivity contribution in [2.75, 3.05) is 25.0 Å². The lowest BCUT2D eigenvalue weighted by molar-refractivity contribution is -0.116. The molecule has 4 aromatic rings. The Bertz CT molecular complexity index is 1180. The monoisotopic (exact) mass is 416 g/mol. The predicted molar refractivity (Wildman–Crippen MR) is 118 cm³/mol. The van der Waals surface area contributed by atoms with Gasteiger partial charge in [-0.3, -0.25) is 9.89 Å². The number of aromatic nitrogens is 6. The molecule has 0 bridgehead atoms. The Morgan fingerprint density at radius 3 is 2.77 bits per heavy atom. The minimum absolute atomic E-state index is 0.0361. The van der Waals surface area contributed by atoms with E-state index in [1.807, 2.05) is 42.5 Å². The van der Waals surface area contributed by atoms with E-state index in [1.165, 1.54) is 19.3 Å². The molecule has 0 saturated carbocycles. The van der Waals surface area contributed by atoms with Gasteiger partial charge in [-0.05, 0) is 61.5 Å². The number of nitrogens with one attached hydrogen (secondary N) is 3. The molecule has 0 atom stereocenters. The highest BCUT2D eigenvalue weighted by Crippen LogP contribution is 2.30. The van der Waals surface area contributed by atoms with Gasteiger partial charge in [-0.15, -0.1) is 10.2 Å². The number of hydrogen-bond acceptors (Lipinski definition) is 6. The van der Waals surface area contributed by atoms with Crippen molar-refractivity contribution in [3.05, 3.63) is 42.5 Å². The largest absolute Gasteiger partial charge is 0.326 e. The number of hydrogen-bond donors (Lipinski definition) is 3. The Morgan fingerprint density at radius 1 is 1.03 bits per heavy atom. The molecule has 3 N–H and O–H groups in total. The zero-order valence-corrected chi connectivity index (χ0v) is 17.1. The van der Waals surface area contributed by atoms with Gasteiger partial charge < -0.3 is 10.2 Å². The van der Waals surface area contributed by atoms with Crippen molar-refractivity contribution < 1.29 is 4.79 Å². The molecule has 0 spiro atoms. The zero-order valence-electron chi connectivity index (χ0n) is 17.1. The van der Waals surface area contributed by atoms with Crippen molar-refractivity contribution in [2.45, 2.75) is 25.7 Å². The van der Waals surface area contributed by atoms with Gasteiger partial charge in [-0.1, -0.05) is 18.6 Å². The molecule has 1 aliphatic heterocycles. The zero-order chi connectivity index (χ0) is 21.0. The van der Waals surface area contributed by atoms with Crippen LogP contribution >= 0.6 is 0 Å². The van der Waals surface area contributed by atoms with Gasteiger partial charge in [0.1, 0.15) is 0 Å². The molecule has 31 heavy (non-hydrogen) atoms. The van der Waals surface area contributed by atoms with Gasteiger partial charge in [-0.2, -0.15) is 10.3 Å². The third-order valence-electron chi connectivity index (χ3n) is 5.69. The fraction of sp³-hybridized carbons (Fsp3) is 0.318. The maximum absolute atomic E-state index is 12.5. The maximum Gasteiger partial charge on any atom is 0.225 e. The third kappa shape index (κ3) is 4.31. The number of carbonyl (C=O) groups is 1. The topological polar surface area (TPSA) is 115 Å². The van der Waals surface area contributed by atoms with Crippen molar-refractivity contribution >= 4 is 22.5 Å². The summed E-state index contributed by atoms with van der Waals surface area (Å²) in [6.45, 7) is 3.01. The van der Waals surface area contributed by atoms with E-state index in [-0.39, 0.29) is 5.91 Å². The normalized spacial score (nSPS) is 14.7. The van der Waals surface area contributed by atoms with Crippen LogP contribution < -0.4 is 5.32 Å². The van der Waals surface area contributed by atoms with E-state index in [0.29, 0.717) is 12.2 Å². The van der Waals surface area contributed by atoms with Gasteiger partial charge in [0.05, 0.1) is 11.2 Å². The summed E-state index contributed by atoms with van der Waals surface area (Å²) in [6.07, 6.45) is 4.27. The quantitative estimate of drug-likeness (QED) is 0.444. The number of likely N-dealkylation sites (tertiary alicyclic amines) is 1. The van der Waals surface area contributed by atoms with Crippen molar-refractivity contribution in [2.24, 2.45) is 0 Å². The molecule has 9 nitrogen and oxygen atoms in total. The number of fused-ring (bicyclic) bond motifs is 1. The molecular formula is C22H24N8O. The third-order valence-corrected chi connectivity index (χ3v) is 5.69. The lowest BCUT2D eigenvalue weighted by Gasteiger charge is -2.25. The summed E-state index contributed by atoms with van der Waals surface area (Å²) in [4.78, 5) is 14.8. The van der Waals surface area contributed by atoms with Crippen LogP contribution in [0, 0.1) is 0 Å². The smallest absolute Gasteiger partial charge is 0.225 e. The Kier molecular flexibility index (Phi) is 5.40. The van der Waals surface area contributed by atoms with E-state index in [4.69, 9.17) is 0 Å². The number of aromatic amines is 2. The van der Waals surface area contributed by atoms with Crippen molar-refractivity contribution in [1.29, 1.82) is 0 Å². The number of amides is 1. The molecule has 0 aliphatic carbocycles. The average molecular weight is 416 g/mol. The average Bonchev–Trinajstić information content (AvgIpc) is 3.48. The second kappa shape index (κ2) is 8.65. The standard InChI is InChI=1S/C22H24N8O/c31-20(9-12-30-10-2-1-3-11-30)23-17-6-4-5-15(13-17)21-18-14-16(22-26-28-29-27-22)7-8-19(18)24-25-21/h4-8,13-14H,1-3,9-12H2,(H,23,31)(H,24,25)(H,26,27,28,29). The summed E-state index contributed by atoms with van der Waals surface area (Å²) < 4.78 is 0. The van der Waals surface area contributed by atoms with Gasteiger partial charge in [0.25, 0.3) is 0 Å². The molecular weight excluding hydrogens is 392 g/mol. The molecule has 3 heterocycles. The van der Waals surface area contributed by atoms with Crippen LogP contribution in [0.1, 0.15) is 25.7 Å². The predicted octanol–water partition coefficient (Wildman–Crippen LogP) is 3.22. The molecule has 1 fully saturated rings. The molecule has 1 saturated heterocycles. The summed E-state index contributed by atoms with van der Waals surface area (Å²) in [5.41, 5.74) is 4.27. The molecule has 2 aromatic carbocycles. The van der Waals surface area contributed by atoms with Crippen molar-refractivity contribution in [3.8, 4) is 22.6 Å². The maximum atomic E-state index is 12.5. The number of tetrazole rings is 1. The van der Waals surface area contributed by atoms with Gasteiger partial charge in [0, 0.05) is 35.2 Å². The van der Waals surface area contributed by atoms with Gasteiger partial charge >= 0.3 is 0 Å². The fourth-order valence-electron chi connectivity index (χ4n) is 4.07. The van der Waals surface area contributed by atoms with Crippen LogP contribution in [0.3, 0.4) is 0 Å². The summed E-state index contributed by atoms with van der Waals surface area (Å²) in [7, 11) is 0. The Labute approximate surface area is 179 Å². The van der Waals surface area contributed by atoms with E-state index in [9.17, 15) is 4.79 Å². The van der Waals surface area contributed by atoms with Gasteiger partial charge in [-0.25, -0.2) is 0 Å². The van der Waals surface area contributed by atoms with Crippen LogP contribution in [0.15, 0.2) is 42.5 Å². The number of piperidine rings is 1. The first kappa shape index (κ1) is 19.4. The second-order valence-corrected chi connectivity index (χ2v) is 7.85. The number of H-pyrrole nitrogens is 2. The number of nitrogens with zero attached hydrogens (tertiary/aromatic N) is 5. The van der Waals surface area contributed by atoms with Crippen LogP contribution in [-0.4, -0.2) is 61.3 Å². The highest BCUT2D eigenvalue weighted by Gasteiger charge is 2.14. The lowest BCUT2D eigenvalue weighted by Crippen LogP contribution is -2.32. The number of rotatable bonds is 6. The molecule has 0 radical (unpaired) electrons. The number of benzene rings is 2. The van der Waals surface area contributed by atoms with E-state index in [1.54, 1.807) is 0 Å². The van der Waals surface area contributed by atoms with Crippen LogP contribution in [0.4, 0.5) is 5.69 Å². The summed E-state index contributed by atoms with van der Waals surface area (Å²) in [5, 5.41) is 25.8. The fourth-order valence-corrected chi connectivity index (χ4v) is 4.07. The van der Waals surface area contributed by atoms with Gasteiger partial charge in [0.15, 0.2) is 0 Å². The molecule has 2 aromatic heterocycles. The second-order valence-electron chi connectivity index (χ2n) is 7.85. The molecule has 5 rings (SSSR count). The first-order valence-corrected chi connectivity index (χ1v) is 10.6. The van der Waals surface area contributed by atoms with Crippen LogP contribution in [-0.2, 0) is 4.79 Å².